The van der Waals surface area contributed by atoms with E-state index < -0.39 is 0 Å². The molecule has 0 spiro atoms. The minimum absolute atomic E-state index is 0.524. The maximum atomic E-state index is 4.68. The zero-order valence-corrected chi connectivity index (χ0v) is 10.6. The van der Waals surface area contributed by atoms with E-state index in [9.17, 15) is 0 Å². The number of rotatable bonds is 3. The lowest BCUT2D eigenvalue weighted by Crippen LogP contribution is -2.37. The van der Waals surface area contributed by atoms with Crippen LogP contribution in [0.2, 0.25) is 0 Å². The van der Waals surface area contributed by atoms with Crippen molar-refractivity contribution in [3.8, 4) is 0 Å². The van der Waals surface area contributed by atoms with Crippen LogP contribution in [0.5, 0.6) is 0 Å². The van der Waals surface area contributed by atoms with E-state index in [1.807, 2.05) is 37.5 Å². The average Bonchev–Trinajstić information content (AvgIpc) is 2.87. The molecule has 1 saturated heterocycles. The van der Waals surface area contributed by atoms with Crippen LogP contribution in [0.4, 0.5) is 5.95 Å². The fourth-order valence-electron chi connectivity index (χ4n) is 2.65. The van der Waals surface area contributed by atoms with Gasteiger partial charge in [0.05, 0.1) is 5.52 Å². The molecular formula is C14H18N4. The van der Waals surface area contributed by atoms with Gasteiger partial charge in [0.2, 0.25) is 5.95 Å². The number of likely N-dealkylation sites (N-methyl/N-ethyl adjacent to an activating group) is 1. The molecule has 1 N–H and O–H groups in total. The van der Waals surface area contributed by atoms with Crippen LogP contribution in [0.3, 0.4) is 0 Å². The van der Waals surface area contributed by atoms with E-state index in [0.717, 1.165) is 29.9 Å². The van der Waals surface area contributed by atoms with Crippen molar-refractivity contribution in [3.05, 3.63) is 30.5 Å². The normalized spacial score (nSPS) is 19.6. The second-order valence-electron chi connectivity index (χ2n) is 4.78. The summed E-state index contributed by atoms with van der Waals surface area (Å²) in [6.45, 7) is 2.06. The Hall–Kier alpha value is -1.68. The summed E-state index contributed by atoms with van der Waals surface area (Å²) < 4.78 is 0. The molecule has 1 atom stereocenters. The Morgan fingerprint density at radius 3 is 3.17 bits per heavy atom. The summed E-state index contributed by atoms with van der Waals surface area (Å²) in [6.07, 6.45) is 4.37. The fraction of sp³-hybridized carbons (Fsp3) is 0.429. The van der Waals surface area contributed by atoms with Crippen LogP contribution in [-0.4, -0.2) is 36.1 Å². The highest BCUT2D eigenvalue weighted by molar-refractivity contribution is 5.78. The largest absolute Gasteiger partial charge is 0.337 e. The molecule has 1 aliphatic heterocycles. The van der Waals surface area contributed by atoms with Crippen LogP contribution in [0.25, 0.3) is 10.9 Å². The van der Waals surface area contributed by atoms with Crippen molar-refractivity contribution in [2.24, 2.45) is 0 Å². The van der Waals surface area contributed by atoms with Gasteiger partial charge in [0.25, 0.3) is 0 Å². The molecule has 3 rings (SSSR count). The van der Waals surface area contributed by atoms with Gasteiger partial charge in [-0.25, -0.2) is 9.97 Å². The quantitative estimate of drug-likeness (QED) is 0.891. The number of nitrogens with one attached hydrogen (secondary N) is 1. The van der Waals surface area contributed by atoms with E-state index in [1.165, 1.54) is 12.8 Å². The number of para-hydroxylation sites is 1. The molecule has 0 radical (unpaired) electrons. The van der Waals surface area contributed by atoms with Gasteiger partial charge in [0.1, 0.15) is 0 Å². The number of benzene rings is 1. The van der Waals surface area contributed by atoms with E-state index in [1.54, 1.807) is 0 Å². The van der Waals surface area contributed by atoms with Gasteiger partial charge in [-0.05, 0) is 26.0 Å². The van der Waals surface area contributed by atoms with Crippen molar-refractivity contribution >= 4 is 16.9 Å². The third kappa shape index (κ3) is 2.04. The van der Waals surface area contributed by atoms with E-state index >= 15 is 0 Å². The van der Waals surface area contributed by atoms with Crippen LogP contribution in [0, 0.1) is 0 Å². The van der Waals surface area contributed by atoms with Crippen molar-refractivity contribution in [2.45, 2.75) is 18.9 Å². The molecule has 18 heavy (non-hydrogen) atoms. The predicted molar refractivity (Wildman–Crippen MR) is 73.8 cm³/mol. The zero-order valence-electron chi connectivity index (χ0n) is 10.6. The third-order valence-electron chi connectivity index (χ3n) is 3.55. The molecule has 94 valence electrons. The molecule has 2 heterocycles. The third-order valence-corrected chi connectivity index (χ3v) is 3.55. The van der Waals surface area contributed by atoms with Gasteiger partial charge in [0.15, 0.2) is 0 Å². The minimum atomic E-state index is 0.524. The Bertz CT molecular complexity index is 540. The lowest BCUT2D eigenvalue weighted by Gasteiger charge is -2.24. The highest BCUT2D eigenvalue weighted by Crippen LogP contribution is 2.23. The summed E-state index contributed by atoms with van der Waals surface area (Å²) in [7, 11) is 2.00. The first-order valence-corrected chi connectivity index (χ1v) is 6.51. The molecule has 4 heteroatoms. The van der Waals surface area contributed by atoms with Crippen LogP contribution >= 0.6 is 0 Å². The van der Waals surface area contributed by atoms with Crippen LogP contribution in [0.1, 0.15) is 12.8 Å². The Morgan fingerprint density at radius 1 is 1.39 bits per heavy atom. The SMILES string of the molecule is CNCC1CCCN1c1ncc2ccccc2n1. The van der Waals surface area contributed by atoms with Crippen molar-refractivity contribution in [2.75, 3.05) is 25.0 Å². The van der Waals surface area contributed by atoms with Gasteiger partial charge in [-0.1, -0.05) is 18.2 Å². The first-order valence-electron chi connectivity index (χ1n) is 6.51. The minimum Gasteiger partial charge on any atom is -0.337 e. The topological polar surface area (TPSA) is 41.0 Å². The molecular weight excluding hydrogens is 224 g/mol. The van der Waals surface area contributed by atoms with Gasteiger partial charge in [-0.2, -0.15) is 0 Å². The number of anilines is 1. The molecule has 1 aromatic heterocycles. The van der Waals surface area contributed by atoms with Crippen LogP contribution < -0.4 is 10.2 Å². The summed E-state index contributed by atoms with van der Waals surface area (Å²) in [6, 6.07) is 8.66. The van der Waals surface area contributed by atoms with Crippen molar-refractivity contribution in [1.29, 1.82) is 0 Å². The van der Waals surface area contributed by atoms with E-state index in [4.69, 9.17) is 0 Å². The average molecular weight is 242 g/mol. The smallest absolute Gasteiger partial charge is 0.226 e. The first-order chi connectivity index (χ1) is 8.88. The van der Waals surface area contributed by atoms with Crippen LogP contribution in [0.15, 0.2) is 30.5 Å². The molecule has 0 aliphatic carbocycles. The molecule has 2 aromatic rings. The fourth-order valence-corrected chi connectivity index (χ4v) is 2.65. The number of fused-ring (bicyclic) bond motifs is 1. The van der Waals surface area contributed by atoms with Gasteiger partial charge >= 0.3 is 0 Å². The number of nitrogens with zero attached hydrogens (tertiary/aromatic N) is 3. The molecule has 0 saturated carbocycles. The van der Waals surface area contributed by atoms with E-state index in [0.29, 0.717) is 6.04 Å². The number of aromatic nitrogens is 2. The summed E-state index contributed by atoms with van der Waals surface area (Å²) in [5.74, 6) is 0.867. The Labute approximate surface area is 107 Å². The lowest BCUT2D eigenvalue weighted by molar-refractivity contribution is 0.608. The highest BCUT2D eigenvalue weighted by atomic mass is 15.3. The Kier molecular flexibility index (Phi) is 3.11. The zero-order chi connectivity index (χ0) is 12.4. The summed E-state index contributed by atoms with van der Waals surface area (Å²) >= 11 is 0. The molecule has 1 aromatic carbocycles. The van der Waals surface area contributed by atoms with Gasteiger partial charge in [0, 0.05) is 30.7 Å². The second kappa shape index (κ2) is 4.90. The lowest BCUT2D eigenvalue weighted by atomic mass is 10.2. The Morgan fingerprint density at radius 2 is 2.28 bits per heavy atom. The predicted octanol–water partition coefficient (Wildman–Crippen LogP) is 1.82. The van der Waals surface area contributed by atoms with Crippen molar-refractivity contribution < 1.29 is 0 Å². The molecule has 1 unspecified atom stereocenters. The summed E-state index contributed by atoms with van der Waals surface area (Å²) in [5.41, 5.74) is 1.03. The molecule has 1 aliphatic rings. The molecule has 0 amide bonds. The van der Waals surface area contributed by atoms with E-state index in [-0.39, 0.29) is 0 Å². The van der Waals surface area contributed by atoms with Gasteiger partial charge < -0.3 is 10.2 Å². The second-order valence-corrected chi connectivity index (χ2v) is 4.78. The van der Waals surface area contributed by atoms with Crippen LogP contribution in [-0.2, 0) is 0 Å². The van der Waals surface area contributed by atoms with Gasteiger partial charge in [-0.3, -0.25) is 0 Å². The van der Waals surface area contributed by atoms with Gasteiger partial charge in [-0.15, -0.1) is 0 Å². The molecule has 4 nitrogen and oxygen atoms in total. The standard InChI is InChI=1S/C14H18N4/c1-15-10-12-6-4-8-18(12)14-16-9-11-5-2-3-7-13(11)17-14/h2-3,5,7,9,12,15H,4,6,8,10H2,1H3. The number of hydrogen-bond acceptors (Lipinski definition) is 4. The summed E-state index contributed by atoms with van der Waals surface area (Å²) in [4.78, 5) is 11.5. The molecule has 1 fully saturated rings. The van der Waals surface area contributed by atoms with Crippen molar-refractivity contribution in [1.82, 2.24) is 15.3 Å². The maximum absolute atomic E-state index is 4.68. The highest BCUT2D eigenvalue weighted by Gasteiger charge is 2.25. The Balaban J connectivity index is 1.93. The molecule has 0 bridgehead atoms. The summed E-state index contributed by atoms with van der Waals surface area (Å²) in [5, 5.41) is 4.35. The first kappa shape index (κ1) is 11.4. The number of hydrogen-bond donors (Lipinski definition) is 1. The maximum Gasteiger partial charge on any atom is 0.226 e. The van der Waals surface area contributed by atoms with E-state index in [2.05, 4.69) is 20.2 Å². The van der Waals surface area contributed by atoms with Crippen molar-refractivity contribution in [3.63, 3.8) is 0 Å². The monoisotopic (exact) mass is 242 g/mol.